The van der Waals surface area contributed by atoms with Crippen molar-refractivity contribution in [1.82, 2.24) is 20.0 Å². The van der Waals surface area contributed by atoms with Crippen molar-refractivity contribution in [3.63, 3.8) is 0 Å². The number of nitrogens with zero attached hydrogens (tertiary/aromatic N) is 4. The highest BCUT2D eigenvalue weighted by atomic mass is 32.2. The van der Waals surface area contributed by atoms with Crippen LogP contribution in [0.15, 0.2) is 39.6 Å². The van der Waals surface area contributed by atoms with Gasteiger partial charge < -0.3 is 4.42 Å². The van der Waals surface area contributed by atoms with Crippen LogP contribution in [0.4, 0.5) is 10.4 Å². The van der Waals surface area contributed by atoms with Crippen LogP contribution in [0.2, 0.25) is 0 Å². The molecule has 2 heterocycles. The van der Waals surface area contributed by atoms with Gasteiger partial charge in [-0.3, -0.25) is 14.8 Å². The van der Waals surface area contributed by atoms with Crippen LogP contribution in [-0.4, -0.2) is 31.6 Å². The SMILES string of the molecule is Cc1cc(-c2nnc(NC(=O)CCSc3ccc(F)cc3)o2)n(C)n1. The maximum Gasteiger partial charge on any atom is 0.322 e. The van der Waals surface area contributed by atoms with Crippen LogP contribution in [0.5, 0.6) is 0 Å². The molecule has 0 aliphatic rings. The first-order chi connectivity index (χ1) is 12.0. The summed E-state index contributed by atoms with van der Waals surface area (Å²) in [7, 11) is 1.78. The highest BCUT2D eigenvalue weighted by Crippen LogP contribution is 2.21. The van der Waals surface area contributed by atoms with Crippen LogP contribution in [0.25, 0.3) is 11.6 Å². The highest BCUT2D eigenvalue weighted by Gasteiger charge is 2.14. The Morgan fingerprint density at radius 2 is 2.08 bits per heavy atom. The lowest BCUT2D eigenvalue weighted by Crippen LogP contribution is -2.12. The average Bonchev–Trinajstić information content (AvgIpc) is 3.15. The molecule has 130 valence electrons. The average molecular weight is 361 g/mol. The zero-order valence-electron chi connectivity index (χ0n) is 13.7. The number of carbonyl (C=O) groups is 1. The molecule has 0 spiro atoms. The number of carbonyl (C=O) groups excluding carboxylic acids is 1. The number of amides is 1. The summed E-state index contributed by atoms with van der Waals surface area (Å²) >= 11 is 1.47. The molecule has 3 rings (SSSR count). The third-order valence-electron chi connectivity index (χ3n) is 3.30. The molecular weight excluding hydrogens is 345 g/mol. The topological polar surface area (TPSA) is 85.8 Å². The monoisotopic (exact) mass is 361 g/mol. The summed E-state index contributed by atoms with van der Waals surface area (Å²) in [4.78, 5) is 12.8. The molecule has 0 fully saturated rings. The fraction of sp³-hybridized carbons (Fsp3) is 0.250. The lowest BCUT2D eigenvalue weighted by atomic mass is 10.4. The Bertz CT molecular complexity index is 875. The number of rotatable bonds is 6. The first-order valence-electron chi connectivity index (χ1n) is 7.54. The summed E-state index contributed by atoms with van der Waals surface area (Å²) in [5, 5.41) is 14.5. The number of hydrogen-bond donors (Lipinski definition) is 1. The van der Waals surface area contributed by atoms with E-state index in [9.17, 15) is 9.18 Å². The predicted molar refractivity (Wildman–Crippen MR) is 91.6 cm³/mol. The van der Waals surface area contributed by atoms with E-state index in [1.807, 2.05) is 13.0 Å². The molecule has 0 unspecified atom stereocenters. The number of hydrogen-bond acceptors (Lipinski definition) is 6. The van der Waals surface area contributed by atoms with Gasteiger partial charge in [0.15, 0.2) is 0 Å². The van der Waals surface area contributed by atoms with Crippen molar-refractivity contribution in [3.05, 3.63) is 41.8 Å². The van der Waals surface area contributed by atoms with Gasteiger partial charge in [0.1, 0.15) is 11.5 Å². The molecule has 0 saturated carbocycles. The molecule has 0 bridgehead atoms. The van der Waals surface area contributed by atoms with E-state index in [-0.39, 0.29) is 24.2 Å². The lowest BCUT2D eigenvalue weighted by Gasteiger charge is -2.01. The largest absolute Gasteiger partial charge is 0.401 e. The Labute approximate surface area is 147 Å². The molecule has 0 atom stereocenters. The van der Waals surface area contributed by atoms with Crippen molar-refractivity contribution in [2.75, 3.05) is 11.1 Å². The van der Waals surface area contributed by atoms with Crippen molar-refractivity contribution in [2.24, 2.45) is 7.05 Å². The second-order valence-electron chi connectivity index (χ2n) is 5.31. The smallest absolute Gasteiger partial charge is 0.322 e. The van der Waals surface area contributed by atoms with E-state index in [4.69, 9.17) is 4.42 Å². The van der Waals surface area contributed by atoms with Crippen LogP contribution in [0.3, 0.4) is 0 Å². The number of aryl methyl sites for hydroxylation is 2. The molecule has 25 heavy (non-hydrogen) atoms. The maximum absolute atomic E-state index is 12.8. The van der Waals surface area contributed by atoms with Crippen molar-refractivity contribution in [2.45, 2.75) is 18.2 Å². The number of nitrogens with one attached hydrogen (secondary N) is 1. The van der Waals surface area contributed by atoms with Crippen molar-refractivity contribution >= 4 is 23.7 Å². The molecule has 3 aromatic rings. The first kappa shape index (κ1) is 17.2. The van der Waals surface area contributed by atoms with Gasteiger partial charge in [0, 0.05) is 24.1 Å². The van der Waals surface area contributed by atoms with Gasteiger partial charge in [0.05, 0.1) is 5.69 Å². The molecule has 7 nitrogen and oxygen atoms in total. The van der Waals surface area contributed by atoms with Crippen LogP contribution < -0.4 is 5.32 Å². The standard InChI is InChI=1S/C16H16FN5O2S/c1-10-9-13(22(2)21-10)15-19-20-16(24-15)18-14(23)7-8-25-12-5-3-11(17)4-6-12/h3-6,9H,7-8H2,1-2H3,(H,18,20,23). The summed E-state index contributed by atoms with van der Waals surface area (Å²) in [6, 6.07) is 8.00. The summed E-state index contributed by atoms with van der Waals surface area (Å²) in [5.41, 5.74) is 1.51. The van der Waals surface area contributed by atoms with Gasteiger partial charge in [-0.15, -0.1) is 16.9 Å². The van der Waals surface area contributed by atoms with Crippen LogP contribution in [0.1, 0.15) is 12.1 Å². The fourth-order valence-corrected chi connectivity index (χ4v) is 3.01. The molecule has 0 aliphatic carbocycles. The maximum atomic E-state index is 12.8. The van der Waals surface area contributed by atoms with E-state index in [1.165, 1.54) is 23.9 Å². The lowest BCUT2D eigenvalue weighted by molar-refractivity contribution is -0.115. The predicted octanol–water partition coefficient (Wildman–Crippen LogP) is 3.04. The minimum Gasteiger partial charge on any atom is -0.401 e. The Morgan fingerprint density at radius 3 is 2.76 bits per heavy atom. The van der Waals surface area contributed by atoms with Gasteiger partial charge in [-0.05, 0) is 37.3 Å². The van der Waals surface area contributed by atoms with Gasteiger partial charge in [-0.1, -0.05) is 5.10 Å². The minimum absolute atomic E-state index is 0.0469. The van der Waals surface area contributed by atoms with Gasteiger partial charge in [-0.2, -0.15) is 5.10 Å². The molecule has 0 aliphatic heterocycles. The van der Waals surface area contributed by atoms with Crippen molar-refractivity contribution in [3.8, 4) is 11.6 Å². The fourth-order valence-electron chi connectivity index (χ4n) is 2.16. The number of aromatic nitrogens is 4. The first-order valence-corrected chi connectivity index (χ1v) is 8.52. The second kappa shape index (κ2) is 7.47. The molecule has 2 aromatic heterocycles. The third-order valence-corrected chi connectivity index (χ3v) is 4.32. The van der Waals surface area contributed by atoms with E-state index >= 15 is 0 Å². The molecule has 1 aromatic carbocycles. The Balaban J connectivity index is 1.51. The molecule has 9 heteroatoms. The summed E-state index contributed by atoms with van der Waals surface area (Å²) in [6.45, 7) is 1.86. The zero-order chi connectivity index (χ0) is 17.8. The van der Waals surface area contributed by atoms with Crippen molar-refractivity contribution in [1.29, 1.82) is 0 Å². The Morgan fingerprint density at radius 1 is 1.32 bits per heavy atom. The van der Waals surface area contributed by atoms with Gasteiger partial charge in [-0.25, -0.2) is 4.39 Å². The van der Waals surface area contributed by atoms with E-state index in [1.54, 1.807) is 23.9 Å². The number of thioether (sulfide) groups is 1. The highest BCUT2D eigenvalue weighted by molar-refractivity contribution is 7.99. The van der Waals surface area contributed by atoms with E-state index in [2.05, 4.69) is 20.6 Å². The Kier molecular flexibility index (Phi) is 5.13. The molecule has 0 radical (unpaired) electrons. The van der Waals surface area contributed by atoms with E-state index in [0.29, 0.717) is 17.3 Å². The Hall–Kier alpha value is -2.68. The summed E-state index contributed by atoms with van der Waals surface area (Å²) < 4.78 is 19.9. The normalized spacial score (nSPS) is 10.8. The van der Waals surface area contributed by atoms with Crippen LogP contribution >= 0.6 is 11.8 Å². The number of anilines is 1. The number of halogens is 1. The minimum atomic E-state index is -0.280. The van der Waals surface area contributed by atoms with Gasteiger partial charge >= 0.3 is 6.01 Å². The van der Waals surface area contributed by atoms with E-state index in [0.717, 1.165) is 10.6 Å². The molecular formula is C16H16FN5O2S. The molecule has 1 N–H and O–H groups in total. The van der Waals surface area contributed by atoms with Crippen molar-refractivity contribution < 1.29 is 13.6 Å². The quantitative estimate of drug-likeness (QED) is 0.679. The summed E-state index contributed by atoms with van der Waals surface area (Å²) in [6.07, 6.45) is 0.268. The molecule has 1 amide bonds. The second-order valence-corrected chi connectivity index (χ2v) is 6.48. The third kappa shape index (κ3) is 4.44. The van der Waals surface area contributed by atoms with Gasteiger partial charge in [0.2, 0.25) is 5.91 Å². The summed E-state index contributed by atoms with van der Waals surface area (Å²) in [5.74, 6) is 0.335. The zero-order valence-corrected chi connectivity index (χ0v) is 14.5. The van der Waals surface area contributed by atoms with Gasteiger partial charge in [0.25, 0.3) is 5.89 Å². The number of benzene rings is 1. The van der Waals surface area contributed by atoms with Crippen LogP contribution in [-0.2, 0) is 11.8 Å². The van der Waals surface area contributed by atoms with Crippen LogP contribution in [0, 0.1) is 12.7 Å². The molecule has 0 saturated heterocycles. The van der Waals surface area contributed by atoms with E-state index < -0.39 is 0 Å².